The van der Waals surface area contributed by atoms with Crippen molar-refractivity contribution < 1.29 is 19.1 Å². The smallest absolute Gasteiger partial charge is 0.244 e. The van der Waals surface area contributed by atoms with E-state index in [0.29, 0.717) is 28.6 Å². The summed E-state index contributed by atoms with van der Waals surface area (Å²) in [5.41, 5.74) is 0.677. The van der Waals surface area contributed by atoms with Gasteiger partial charge in [0.05, 0.1) is 25.8 Å². The number of carbonyl (C=O) groups is 2. The summed E-state index contributed by atoms with van der Waals surface area (Å²) in [7, 11) is 2.99. The molecule has 0 saturated heterocycles. The molecule has 6 nitrogen and oxygen atoms in total. The van der Waals surface area contributed by atoms with Gasteiger partial charge in [0, 0.05) is 12.6 Å². The van der Waals surface area contributed by atoms with Gasteiger partial charge < -0.3 is 20.1 Å². The zero-order chi connectivity index (χ0) is 16.5. The normalized spacial score (nSPS) is 10.4. The highest BCUT2D eigenvalue weighted by Gasteiger charge is 2.10. The first-order valence-corrected chi connectivity index (χ1v) is 7.03. The van der Waals surface area contributed by atoms with Crippen molar-refractivity contribution in [3.63, 3.8) is 0 Å². The molecule has 1 aromatic rings. The summed E-state index contributed by atoms with van der Waals surface area (Å²) in [5, 5.41) is 5.44. The van der Waals surface area contributed by atoms with Crippen molar-refractivity contribution in [1.29, 1.82) is 0 Å². The van der Waals surface area contributed by atoms with Crippen molar-refractivity contribution in [2.45, 2.75) is 6.92 Å². The molecule has 2 N–H and O–H groups in total. The zero-order valence-corrected chi connectivity index (χ0v) is 13.5. The first-order valence-electron chi connectivity index (χ1n) is 6.66. The van der Waals surface area contributed by atoms with Gasteiger partial charge in [-0.25, -0.2) is 0 Å². The molecule has 0 atom stereocenters. The van der Waals surface area contributed by atoms with E-state index >= 15 is 0 Å². The highest BCUT2D eigenvalue weighted by Crippen LogP contribution is 2.36. The third-order valence-electron chi connectivity index (χ3n) is 2.68. The molecule has 0 aliphatic carbocycles. The van der Waals surface area contributed by atoms with Crippen molar-refractivity contribution in [1.82, 2.24) is 10.6 Å². The van der Waals surface area contributed by atoms with Crippen molar-refractivity contribution in [3.05, 3.63) is 28.8 Å². The molecule has 2 amide bonds. The van der Waals surface area contributed by atoms with E-state index in [1.165, 1.54) is 20.3 Å². The Morgan fingerprint density at radius 2 is 1.95 bits per heavy atom. The van der Waals surface area contributed by atoms with E-state index < -0.39 is 0 Å². The number of rotatable bonds is 7. The maximum absolute atomic E-state index is 11.6. The second-order valence-corrected chi connectivity index (χ2v) is 4.65. The summed E-state index contributed by atoms with van der Waals surface area (Å²) in [6, 6.07) is 3.34. The van der Waals surface area contributed by atoms with E-state index in [0.717, 1.165) is 0 Å². The van der Waals surface area contributed by atoms with Crippen LogP contribution in [-0.4, -0.2) is 39.1 Å². The van der Waals surface area contributed by atoms with Crippen LogP contribution in [-0.2, 0) is 9.59 Å². The van der Waals surface area contributed by atoms with Gasteiger partial charge in [0.2, 0.25) is 11.8 Å². The molecule has 0 aromatic heterocycles. The molecule has 0 aliphatic heterocycles. The summed E-state index contributed by atoms with van der Waals surface area (Å²) < 4.78 is 10.3. The topological polar surface area (TPSA) is 76.7 Å². The van der Waals surface area contributed by atoms with Crippen LogP contribution in [0.1, 0.15) is 12.5 Å². The maximum atomic E-state index is 11.6. The molecule has 0 saturated carbocycles. The van der Waals surface area contributed by atoms with Crippen LogP contribution in [0.3, 0.4) is 0 Å². The number of amides is 2. The Morgan fingerprint density at radius 3 is 2.55 bits per heavy atom. The van der Waals surface area contributed by atoms with E-state index in [1.54, 1.807) is 25.1 Å². The minimum absolute atomic E-state index is 0.0658. The second-order valence-electron chi connectivity index (χ2n) is 4.24. The minimum Gasteiger partial charge on any atom is -0.493 e. The highest BCUT2D eigenvalue weighted by molar-refractivity contribution is 6.32. The number of halogens is 1. The van der Waals surface area contributed by atoms with Gasteiger partial charge in [-0.3, -0.25) is 9.59 Å². The molecule has 0 bridgehead atoms. The predicted octanol–water partition coefficient (Wildman–Crippen LogP) is 1.62. The fourth-order valence-corrected chi connectivity index (χ4v) is 1.99. The van der Waals surface area contributed by atoms with Gasteiger partial charge in [-0.2, -0.15) is 0 Å². The van der Waals surface area contributed by atoms with Crippen molar-refractivity contribution in [2.24, 2.45) is 0 Å². The molecule has 0 radical (unpaired) electrons. The molecule has 120 valence electrons. The third-order valence-corrected chi connectivity index (χ3v) is 2.96. The maximum Gasteiger partial charge on any atom is 0.244 e. The van der Waals surface area contributed by atoms with Gasteiger partial charge in [0.1, 0.15) is 0 Å². The second kappa shape index (κ2) is 8.94. The van der Waals surface area contributed by atoms with Crippen LogP contribution >= 0.6 is 11.6 Å². The Labute approximate surface area is 134 Å². The van der Waals surface area contributed by atoms with Crippen LogP contribution in [0.15, 0.2) is 18.2 Å². The summed E-state index contributed by atoms with van der Waals surface area (Å²) in [4.78, 5) is 22.8. The molecular weight excluding hydrogens is 308 g/mol. The molecule has 22 heavy (non-hydrogen) atoms. The van der Waals surface area contributed by atoms with Crippen LogP contribution in [0, 0.1) is 0 Å². The fourth-order valence-electron chi connectivity index (χ4n) is 1.69. The number of carbonyl (C=O) groups excluding carboxylic acids is 2. The lowest BCUT2D eigenvalue weighted by Crippen LogP contribution is -2.35. The molecule has 0 heterocycles. The number of hydrogen-bond acceptors (Lipinski definition) is 4. The Kier molecular flexibility index (Phi) is 7.25. The highest BCUT2D eigenvalue weighted by atomic mass is 35.5. The molecule has 1 rings (SSSR count). The SMILES string of the molecule is CCNC(=O)CNC(=O)/C=C/c1cc(Cl)c(OC)c(OC)c1. The van der Waals surface area contributed by atoms with Gasteiger partial charge in [0.15, 0.2) is 11.5 Å². The number of nitrogens with one attached hydrogen (secondary N) is 2. The molecule has 0 unspecified atom stereocenters. The monoisotopic (exact) mass is 326 g/mol. The lowest BCUT2D eigenvalue weighted by Gasteiger charge is -2.10. The summed E-state index contributed by atoms with van der Waals surface area (Å²) in [6.45, 7) is 2.26. The van der Waals surface area contributed by atoms with E-state index in [2.05, 4.69) is 10.6 Å². The average Bonchev–Trinajstić information content (AvgIpc) is 2.50. The molecule has 0 spiro atoms. The molecular formula is C15H19ClN2O4. The van der Waals surface area contributed by atoms with Gasteiger partial charge in [-0.05, 0) is 30.7 Å². The van der Waals surface area contributed by atoms with Gasteiger partial charge in [-0.15, -0.1) is 0 Å². The Bertz CT molecular complexity index is 573. The van der Waals surface area contributed by atoms with Crippen LogP contribution in [0.25, 0.3) is 6.08 Å². The Balaban J connectivity index is 2.71. The zero-order valence-electron chi connectivity index (χ0n) is 12.7. The van der Waals surface area contributed by atoms with Gasteiger partial charge in [-0.1, -0.05) is 11.6 Å². The number of benzene rings is 1. The number of ether oxygens (including phenoxy) is 2. The fraction of sp³-hybridized carbons (Fsp3) is 0.333. The summed E-state index contributed by atoms with van der Waals surface area (Å²) in [5.74, 6) is 0.287. The molecule has 7 heteroatoms. The van der Waals surface area contributed by atoms with Crippen LogP contribution in [0.2, 0.25) is 5.02 Å². The quantitative estimate of drug-likeness (QED) is 0.747. The first kappa shape index (κ1) is 17.8. The Morgan fingerprint density at radius 1 is 1.23 bits per heavy atom. The minimum atomic E-state index is -0.378. The van der Waals surface area contributed by atoms with Crippen molar-refractivity contribution in [2.75, 3.05) is 27.3 Å². The summed E-state index contributed by atoms with van der Waals surface area (Å²) in [6.07, 6.45) is 2.89. The summed E-state index contributed by atoms with van der Waals surface area (Å²) >= 11 is 6.07. The van der Waals surface area contributed by atoms with Crippen molar-refractivity contribution in [3.8, 4) is 11.5 Å². The molecule has 0 fully saturated rings. The van der Waals surface area contributed by atoms with Crippen LogP contribution in [0.4, 0.5) is 0 Å². The van der Waals surface area contributed by atoms with Crippen LogP contribution < -0.4 is 20.1 Å². The number of methoxy groups -OCH3 is 2. The van der Waals surface area contributed by atoms with Gasteiger partial charge >= 0.3 is 0 Å². The molecule has 0 aliphatic rings. The Hall–Kier alpha value is -2.21. The van der Waals surface area contributed by atoms with Crippen LogP contribution in [0.5, 0.6) is 11.5 Å². The lowest BCUT2D eigenvalue weighted by atomic mass is 10.2. The van der Waals surface area contributed by atoms with E-state index in [9.17, 15) is 9.59 Å². The van der Waals surface area contributed by atoms with E-state index in [-0.39, 0.29) is 18.4 Å². The number of likely N-dealkylation sites (N-methyl/N-ethyl adjacent to an activating group) is 1. The largest absolute Gasteiger partial charge is 0.493 e. The van der Waals surface area contributed by atoms with E-state index in [4.69, 9.17) is 21.1 Å². The predicted molar refractivity (Wildman–Crippen MR) is 85.3 cm³/mol. The third kappa shape index (κ3) is 5.29. The molecule has 1 aromatic carbocycles. The number of hydrogen-bond donors (Lipinski definition) is 2. The van der Waals surface area contributed by atoms with Gasteiger partial charge in [0.25, 0.3) is 0 Å². The van der Waals surface area contributed by atoms with Crippen molar-refractivity contribution >= 4 is 29.5 Å². The van der Waals surface area contributed by atoms with E-state index in [1.807, 2.05) is 0 Å². The average molecular weight is 327 g/mol. The first-order chi connectivity index (χ1) is 10.5. The lowest BCUT2D eigenvalue weighted by molar-refractivity contribution is -0.123. The standard InChI is InChI=1S/C15H19ClN2O4/c1-4-17-14(20)9-18-13(19)6-5-10-7-11(16)15(22-3)12(8-10)21-2/h5-8H,4,9H2,1-3H3,(H,17,20)(H,18,19)/b6-5+.